The predicted molar refractivity (Wildman–Crippen MR) is 64.1 cm³/mol. The zero-order chi connectivity index (χ0) is 12.5. The van der Waals surface area contributed by atoms with Gasteiger partial charge in [-0.1, -0.05) is 17.7 Å². The molecule has 1 aromatic carbocycles. The highest BCUT2D eigenvalue weighted by molar-refractivity contribution is 7.89. The van der Waals surface area contributed by atoms with Crippen LogP contribution in [0.2, 0.25) is 5.02 Å². The fourth-order valence-electron chi connectivity index (χ4n) is 1.67. The van der Waals surface area contributed by atoms with E-state index in [-0.39, 0.29) is 18.0 Å². The summed E-state index contributed by atoms with van der Waals surface area (Å²) < 4.78 is 30.9. The lowest BCUT2D eigenvalue weighted by atomic mass is 10.4. The summed E-state index contributed by atoms with van der Waals surface area (Å²) in [5, 5.41) is 0.382. The first-order chi connectivity index (χ1) is 8.01. The Morgan fingerprint density at radius 1 is 1.47 bits per heavy atom. The number of ether oxygens (including phenoxy) is 1. The molecule has 1 aliphatic rings. The van der Waals surface area contributed by atoms with E-state index in [0.717, 1.165) is 0 Å². The average molecular weight is 277 g/mol. The molecular weight excluding hydrogens is 264 g/mol. The second-order valence-corrected chi connectivity index (χ2v) is 6.04. The molecule has 2 N–H and O–H groups in total. The van der Waals surface area contributed by atoms with Crippen molar-refractivity contribution in [3.8, 4) is 0 Å². The number of sulfonamides is 1. The first kappa shape index (κ1) is 12.8. The smallest absolute Gasteiger partial charge is 0.244 e. The lowest BCUT2D eigenvalue weighted by molar-refractivity contribution is 0.0350. The van der Waals surface area contributed by atoms with Crippen molar-refractivity contribution in [2.24, 2.45) is 5.73 Å². The van der Waals surface area contributed by atoms with E-state index in [2.05, 4.69) is 0 Å². The maximum atomic E-state index is 12.3. The molecule has 5 nitrogen and oxygen atoms in total. The average Bonchev–Trinajstić information content (AvgIpc) is 2.29. The van der Waals surface area contributed by atoms with Crippen LogP contribution in [-0.2, 0) is 14.8 Å². The highest BCUT2D eigenvalue weighted by Gasteiger charge is 2.31. The molecule has 0 saturated carbocycles. The first-order valence-corrected chi connectivity index (χ1v) is 6.94. The number of benzene rings is 1. The third kappa shape index (κ3) is 2.61. The summed E-state index contributed by atoms with van der Waals surface area (Å²) in [5.41, 5.74) is 5.73. The Balaban J connectivity index is 2.35. The monoisotopic (exact) mass is 276 g/mol. The highest BCUT2D eigenvalue weighted by Crippen LogP contribution is 2.21. The van der Waals surface area contributed by atoms with E-state index in [1.54, 1.807) is 12.1 Å². The third-order valence-corrected chi connectivity index (χ3v) is 4.67. The van der Waals surface area contributed by atoms with Gasteiger partial charge in [-0.05, 0) is 18.2 Å². The third-order valence-electron chi connectivity index (χ3n) is 2.52. The van der Waals surface area contributed by atoms with Crippen LogP contribution in [0.25, 0.3) is 0 Å². The fraction of sp³-hybridized carbons (Fsp3) is 0.400. The summed E-state index contributed by atoms with van der Waals surface area (Å²) in [6.07, 6.45) is -0.646. The van der Waals surface area contributed by atoms with Crippen LogP contribution in [-0.4, -0.2) is 38.6 Å². The van der Waals surface area contributed by atoms with Gasteiger partial charge in [0.2, 0.25) is 10.0 Å². The van der Waals surface area contributed by atoms with Gasteiger partial charge in [0, 0.05) is 11.6 Å². The van der Waals surface area contributed by atoms with Crippen molar-refractivity contribution < 1.29 is 13.2 Å². The van der Waals surface area contributed by atoms with Gasteiger partial charge in [-0.25, -0.2) is 8.42 Å². The summed E-state index contributed by atoms with van der Waals surface area (Å²) >= 11 is 5.79. The second-order valence-electron chi connectivity index (χ2n) is 3.72. The molecule has 0 aliphatic carbocycles. The van der Waals surface area contributed by atoms with Crippen LogP contribution in [0.15, 0.2) is 29.2 Å². The molecule has 0 amide bonds. The molecule has 1 unspecified atom stereocenters. The number of halogens is 1. The van der Waals surface area contributed by atoms with Crippen LogP contribution >= 0.6 is 11.6 Å². The Kier molecular flexibility index (Phi) is 3.70. The quantitative estimate of drug-likeness (QED) is 0.861. The van der Waals surface area contributed by atoms with Crippen molar-refractivity contribution in [1.82, 2.24) is 4.31 Å². The molecule has 0 aromatic heterocycles. The van der Waals surface area contributed by atoms with Crippen LogP contribution in [0.1, 0.15) is 0 Å². The van der Waals surface area contributed by atoms with Gasteiger partial charge < -0.3 is 10.5 Å². The minimum absolute atomic E-state index is 0.155. The minimum atomic E-state index is -3.59. The van der Waals surface area contributed by atoms with Crippen molar-refractivity contribution >= 4 is 21.6 Å². The Bertz CT molecular complexity index is 506. The fourth-order valence-corrected chi connectivity index (χ4v) is 3.45. The number of hydrogen-bond donors (Lipinski definition) is 1. The van der Waals surface area contributed by atoms with Gasteiger partial charge >= 0.3 is 0 Å². The van der Waals surface area contributed by atoms with E-state index < -0.39 is 16.2 Å². The Morgan fingerprint density at radius 3 is 2.88 bits per heavy atom. The van der Waals surface area contributed by atoms with Crippen LogP contribution in [0, 0.1) is 0 Å². The number of rotatable bonds is 2. The minimum Gasteiger partial charge on any atom is -0.377 e. The molecule has 1 aliphatic heterocycles. The molecule has 1 heterocycles. The summed E-state index contributed by atoms with van der Waals surface area (Å²) in [6, 6.07) is 6.14. The summed E-state index contributed by atoms with van der Waals surface area (Å²) in [5.74, 6) is 0. The number of morpholine rings is 1. The van der Waals surface area contributed by atoms with Crippen molar-refractivity contribution in [2.45, 2.75) is 11.1 Å². The van der Waals surface area contributed by atoms with Gasteiger partial charge in [0.05, 0.1) is 24.3 Å². The van der Waals surface area contributed by atoms with Crippen molar-refractivity contribution in [3.05, 3.63) is 29.3 Å². The second kappa shape index (κ2) is 4.91. The number of nitrogens with zero attached hydrogens (tertiary/aromatic N) is 1. The summed E-state index contributed by atoms with van der Waals surface area (Å²) in [7, 11) is -3.59. The van der Waals surface area contributed by atoms with Crippen molar-refractivity contribution in [2.75, 3.05) is 19.8 Å². The molecule has 1 saturated heterocycles. The molecule has 1 atom stereocenters. The first-order valence-electron chi connectivity index (χ1n) is 5.12. The van der Waals surface area contributed by atoms with Crippen LogP contribution in [0.4, 0.5) is 0 Å². The number of hydrogen-bond acceptors (Lipinski definition) is 4. The Labute approximate surface area is 105 Å². The highest BCUT2D eigenvalue weighted by atomic mass is 35.5. The predicted octanol–water partition coefficient (Wildman–Crippen LogP) is 0.646. The maximum absolute atomic E-state index is 12.3. The van der Waals surface area contributed by atoms with Crippen LogP contribution in [0.5, 0.6) is 0 Å². The molecule has 7 heteroatoms. The molecule has 94 valence electrons. The van der Waals surface area contributed by atoms with E-state index >= 15 is 0 Å². The molecule has 2 rings (SSSR count). The molecule has 1 fully saturated rings. The Morgan fingerprint density at radius 2 is 2.24 bits per heavy atom. The van der Waals surface area contributed by atoms with E-state index in [9.17, 15) is 8.42 Å². The van der Waals surface area contributed by atoms with E-state index in [1.807, 2.05) is 0 Å². The van der Waals surface area contributed by atoms with Crippen molar-refractivity contribution in [1.29, 1.82) is 0 Å². The SMILES string of the molecule is NC1COCCN1S(=O)(=O)c1cccc(Cl)c1. The molecule has 17 heavy (non-hydrogen) atoms. The van der Waals surface area contributed by atoms with Crippen molar-refractivity contribution in [3.63, 3.8) is 0 Å². The summed E-state index contributed by atoms with van der Waals surface area (Å²) in [6.45, 7) is 0.823. The van der Waals surface area contributed by atoms with Gasteiger partial charge in [-0.2, -0.15) is 4.31 Å². The lowest BCUT2D eigenvalue weighted by Crippen LogP contribution is -2.53. The largest absolute Gasteiger partial charge is 0.377 e. The lowest BCUT2D eigenvalue weighted by Gasteiger charge is -2.31. The van der Waals surface area contributed by atoms with Gasteiger partial charge in [0.25, 0.3) is 0 Å². The van der Waals surface area contributed by atoms with Gasteiger partial charge in [-0.3, -0.25) is 0 Å². The molecule has 0 spiro atoms. The van der Waals surface area contributed by atoms with Crippen LogP contribution in [0.3, 0.4) is 0 Å². The maximum Gasteiger partial charge on any atom is 0.244 e. The number of nitrogens with two attached hydrogens (primary N) is 1. The van der Waals surface area contributed by atoms with Crippen LogP contribution < -0.4 is 5.73 Å². The summed E-state index contributed by atoms with van der Waals surface area (Å²) in [4.78, 5) is 0.155. The topological polar surface area (TPSA) is 72.6 Å². The Hall–Kier alpha value is -0.660. The standard InChI is InChI=1S/C10H13ClN2O3S/c11-8-2-1-3-9(6-8)17(14,15)13-4-5-16-7-10(13)12/h1-3,6,10H,4-5,7,12H2. The van der Waals surface area contributed by atoms with Gasteiger partial charge in [-0.15, -0.1) is 0 Å². The van der Waals surface area contributed by atoms with Gasteiger partial charge in [0.15, 0.2) is 0 Å². The normalized spacial score (nSPS) is 22.6. The molecular formula is C10H13ClN2O3S. The van der Waals surface area contributed by atoms with E-state index in [4.69, 9.17) is 22.1 Å². The molecule has 0 radical (unpaired) electrons. The van der Waals surface area contributed by atoms with Gasteiger partial charge in [0.1, 0.15) is 0 Å². The van der Waals surface area contributed by atoms with E-state index in [1.165, 1.54) is 16.4 Å². The zero-order valence-electron chi connectivity index (χ0n) is 9.04. The van der Waals surface area contributed by atoms with E-state index in [0.29, 0.717) is 11.6 Å². The molecule has 1 aromatic rings. The molecule has 0 bridgehead atoms. The zero-order valence-corrected chi connectivity index (χ0v) is 10.6.